The van der Waals surface area contributed by atoms with Gasteiger partial charge >= 0.3 is 6.09 Å². The fourth-order valence-electron chi connectivity index (χ4n) is 3.62. The minimum absolute atomic E-state index is 0.0588. The number of carbonyl (C=O) groups is 3. The quantitative estimate of drug-likeness (QED) is 0.329. The van der Waals surface area contributed by atoms with Crippen molar-refractivity contribution in [2.75, 3.05) is 6.54 Å². The Hall–Kier alpha value is -1.94. The Kier molecular flexibility index (Phi) is 11.0. The summed E-state index contributed by atoms with van der Waals surface area (Å²) in [4.78, 5) is 39.2. The summed E-state index contributed by atoms with van der Waals surface area (Å²) >= 11 is 0. The van der Waals surface area contributed by atoms with Gasteiger partial charge in [0.15, 0.2) is 5.78 Å². The van der Waals surface area contributed by atoms with Crippen LogP contribution in [0.5, 0.6) is 0 Å². The number of ketones is 1. The van der Waals surface area contributed by atoms with Crippen molar-refractivity contribution in [2.45, 2.75) is 110 Å². The number of ether oxygens (including phenoxy) is 1. The van der Waals surface area contributed by atoms with Crippen molar-refractivity contribution in [3.63, 3.8) is 0 Å². The summed E-state index contributed by atoms with van der Waals surface area (Å²) in [5, 5.41) is 2.65. The Balaban J connectivity index is 3.01. The molecule has 0 spiro atoms. The van der Waals surface area contributed by atoms with Gasteiger partial charge in [-0.3, -0.25) is 13.8 Å². The molecule has 1 saturated heterocycles. The number of unbranched alkanes of at least 4 members (excludes halogenated alkanes) is 4. The highest BCUT2D eigenvalue weighted by molar-refractivity contribution is 7.90. The Morgan fingerprint density at radius 1 is 1.12 bits per heavy atom. The van der Waals surface area contributed by atoms with Crippen LogP contribution in [0.15, 0.2) is 11.5 Å². The van der Waals surface area contributed by atoms with Gasteiger partial charge in [-0.05, 0) is 41.0 Å². The predicted octanol–water partition coefficient (Wildman–Crippen LogP) is 3.68. The van der Waals surface area contributed by atoms with Crippen LogP contribution < -0.4 is 5.32 Å². The summed E-state index contributed by atoms with van der Waals surface area (Å²) in [6.45, 7) is 13.3. The zero-order valence-electron chi connectivity index (χ0n) is 20.8. The number of Topliss-reactive ketones (excluding diaryl/α,β-unsaturated/α-hetero) is 1. The number of rotatable bonds is 12. The average molecular weight is 489 g/mol. The molecule has 10 heteroatoms. The van der Waals surface area contributed by atoms with E-state index >= 15 is 0 Å². The number of nitrogens with zero attached hydrogens (tertiary/aromatic N) is 1. The molecule has 2 amide bonds. The Labute approximate surface area is 198 Å². The van der Waals surface area contributed by atoms with Crippen LogP contribution in [0.1, 0.15) is 86.5 Å². The van der Waals surface area contributed by atoms with Gasteiger partial charge in [-0.2, -0.15) is 8.42 Å². The molecule has 1 heterocycles. The van der Waals surface area contributed by atoms with Gasteiger partial charge in [0.1, 0.15) is 11.6 Å². The van der Waals surface area contributed by atoms with Gasteiger partial charge in [0.25, 0.3) is 10.1 Å². The molecular formula is C23H40N2O7S. The van der Waals surface area contributed by atoms with E-state index in [0.717, 1.165) is 32.1 Å². The van der Waals surface area contributed by atoms with E-state index in [2.05, 4.69) is 18.8 Å². The lowest BCUT2D eigenvalue weighted by atomic mass is 10.0. The lowest BCUT2D eigenvalue weighted by molar-refractivity contribution is -0.139. The first kappa shape index (κ1) is 29.1. The maximum Gasteiger partial charge on any atom is 0.408 e. The van der Waals surface area contributed by atoms with Crippen molar-refractivity contribution in [3.8, 4) is 0 Å². The third kappa shape index (κ3) is 9.83. The first-order chi connectivity index (χ1) is 15.2. The van der Waals surface area contributed by atoms with E-state index in [1.165, 1.54) is 18.7 Å². The number of likely N-dealkylation sites (tertiary alicyclic amines) is 1. The van der Waals surface area contributed by atoms with Crippen molar-refractivity contribution in [1.29, 1.82) is 0 Å². The van der Waals surface area contributed by atoms with E-state index < -0.39 is 45.9 Å². The number of hydrogen-bond acceptors (Lipinski definition) is 7. The van der Waals surface area contributed by atoms with E-state index in [0.29, 0.717) is 6.42 Å². The largest absolute Gasteiger partial charge is 0.444 e. The summed E-state index contributed by atoms with van der Waals surface area (Å²) in [6.07, 6.45) is 3.69. The van der Waals surface area contributed by atoms with Gasteiger partial charge in [-0.25, -0.2) is 4.79 Å². The number of nitrogens with one attached hydrogen (secondary N) is 1. The van der Waals surface area contributed by atoms with Crippen LogP contribution >= 0.6 is 0 Å². The first-order valence-electron chi connectivity index (χ1n) is 11.6. The van der Waals surface area contributed by atoms with Crippen LogP contribution in [0.3, 0.4) is 0 Å². The minimum Gasteiger partial charge on any atom is -0.444 e. The van der Waals surface area contributed by atoms with Crippen molar-refractivity contribution in [3.05, 3.63) is 11.5 Å². The molecule has 1 aliphatic rings. The fraction of sp³-hybridized carbons (Fsp3) is 0.783. The number of carbonyl (C=O) groups excluding carboxylic acids is 3. The third-order valence-corrected chi connectivity index (χ3v) is 6.67. The third-order valence-electron chi connectivity index (χ3n) is 5.29. The molecule has 0 bridgehead atoms. The molecule has 1 fully saturated rings. The van der Waals surface area contributed by atoms with Crippen LogP contribution in [-0.2, 0) is 28.6 Å². The molecule has 0 radical (unpaired) electrons. The van der Waals surface area contributed by atoms with Crippen LogP contribution in [0.4, 0.5) is 4.79 Å². The zero-order valence-corrected chi connectivity index (χ0v) is 21.6. The second kappa shape index (κ2) is 12.5. The molecule has 3 unspecified atom stereocenters. The highest BCUT2D eigenvalue weighted by atomic mass is 32.2. The first-order valence-corrected chi connectivity index (χ1v) is 13.0. The van der Waals surface area contributed by atoms with Crippen molar-refractivity contribution >= 4 is 27.9 Å². The summed E-state index contributed by atoms with van der Waals surface area (Å²) in [5.74, 6) is -0.725. The van der Waals surface area contributed by atoms with Gasteiger partial charge in [0, 0.05) is 13.0 Å². The monoisotopic (exact) mass is 488 g/mol. The predicted molar refractivity (Wildman–Crippen MR) is 126 cm³/mol. The van der Waals surface area contributed by atoms with Crippen molar-refractivity contribution < 1.29 is 31.7 Å². The zero-order chi connectivity index (χ0) is 25.4. The Bertz CT molecular complexity index is 817. The topological polar surface area (TPSA) is 119 Å². The number of alkyl carbamates (subject to hydrolysis) is 1. The van der Waals surface area contributed by atoms with Gasteiger partial charge in [0.05, 0.1) is 17.1 Å². The van der Waals surface area contributed by atoms with Crippen LogP contribution in [-0.4, -0.2) is 61.4 Å². The van der Waals surface area contributed by atoms with Gasteiger partial charge < -0.3 is 15.0 Å². The molecule has 190 valence electrons. The molecule has 0 aromatic rings. The maximum absolute atomic E-state index is 13.4. The number of amides is 2. The van der Waals surface area contributed by atoms with Gasteiger partial charge in [0.2, 0.25) is 5.91 Å². The Morgan fingerprint density at radius 3 is 2.24 bits per heavy atom. The average Bonchev–Trinajstić information content (AvgIpc) is 3.08. The van der Waals surface area contributed by atoms with Gasteiger partial charge in [-0.1, -0.05) is 45.6 Å². The molecule has 1 N–H and O–H groups in total. The summed E-state index contributed by atoms with van der Waals surface area (Å²) in [6, 6.07) is -1.72. The molecule has 9 nitrogen and oxygen atoms in total. The molecule has 3 atom stereocenters. The van der Waals surface area contributed by atoms with Crippen molar-refractivity contribution in [2.24, 2.45) is 0 Å². The van der Waals surface area contributed by atoms with Crippen molar-refractivity contribution in [1.82, 2.24) is 10.2 Å². The summed E-state index contributed by atoms with van der Waals surface area (Å²) in [7, 11) is -4.00. The molecule has 0 aromatic heterocycles. The maximum atomic E-state index is 13.4. The Morgan fingerprint density at radius 2 is 1.73 bits per heavy atom. The van der Waals surface area contributed by atoms with E-state index in [4.69, 9.17) is 8.92 Å². The highest BCUT2D eigenvalue weighted by Crippen LogP contribution is 2.26. The standard InChI is InChI=1S/C23H40N2O7S/c1-8-9-10-11-12-13-19(24-22(28)31-23(5,6)7)21(27)25-15-18(14-20(25)17(4)26)32-33(29,30)16(2)3/h18-20H,2,8-15H2,1,3-7H3,(H,24,28). The molecular weight excluding hydrogens is 448 g/mol. The van der Waals surface area contributed by atoms with Crippen LogP contribution in [0.2, 0.25) is 0 Å². The lowest BCUT2D eigenvalue weighted by Crippen LogP contribution is -2.52. The van der Waals surface area contributed by atoms with E-state index in [9.17, 15) is 22.8 Å². The highest BCUT2D eigenvalue weighted by Gasteiger charge is 2.42. The van der Waals surface area contributed by atoms with Crippen LogP contribution in [0.25, 0.3) is 0 Å². The van der Waals surface area contributed by atoms with E-state index in [1.54, 1.807) is 20.8 Å². The SMILES string of the molecule is C=C(C)S(=O)(=O)OC1CC(C(C)=O)N(C(=O)C(CCCCCCC)NC(=O)OC(C)(C)C)C1. The summed E-state index contributed by atoms with van der Waals surface area (Å²) in [5.41, 5.74) is -0.732. The second-order valence-corrected chi connectivity index (χ2v) is 11.4. The number of allylic oxidation sites excluding steroid dienone is 1. The molecule has 0 saturated carbocycles. The van der Waals surface area contributed by atoms with Gasteiger partial charge in [-0.15, -0.1) is 0 Å². The second-order valence-electron chi connectivity index (χ2n) is 9.63. The molecule has 1 rings (SSSR count). The van der Waals surface area contributed by atoms with E-state index in [1.807, 2.05) is 0 Å². The molecule has 33 heavy (non-hydrogen) atoms. The molecule has 0 aliphatic carbocycles. The smallest absolute Gasteiger partial charge is 0.408 e. The van der Waals surface area contributed by atoms with E-state index in [-0.39, 0.29) is 23.7 Å². The minimum atomic E-state index is -4.00. The molecule has 0 aromatic carbocycles. The lowest BCUT2D eigenvalue weighted by Gasteiger charge is -2.29. The molecule has 1 aliphatic heterocycles. The normalized spacial score (nSPS) is 19.8. The summed E-state index contributed by atoms with van der Waals surface area (Å²) < 4.78 is 34.7. The fourth-order valence-corrected chi connectivity index (χ4v) is 4.28. The number of hydrogen-bond donors (Lipinski definition) is 1. The van der Waals surface area contributed by atoms with Crippen LogP contribution in [0, 0.1) is 0 Å².